The van der Waals surface area contributed by atoms with Crippen LogP contribution >= 0.6 is 63.1 Å². The van der Waals surface area contributed by atoms with Gasteiger partial charge in [-0.15, -0.1) is 0 Å². The van der Waals surface area contributed by atoms with Crippen LogP contribution in [0.3, 0.4) is 0 Å². The van der Waals surface area contributed by atoms with Crippen LogP contribution in [-0.2, 0) is 0 Å². The second-order valence-corrected chi connectivity index (χ2v) is 10.1. The van der Waals surface area contributed by atoms with Crippen LogP contribution in [0.2, 0.25) is 0 Å². The van der Waals surface area contributed by atoms with E-state index < -0.39 is 0 Å². The summed E-state index contributed by atoms with van der Waals surface area (Å²) in [6, 6.07) is 0. The molecule has 0 amide bonds. The van der Waals surface area contributed by atoms with Gasteiger partial charge in [0.05, 0.1) is 0 Å². The van der Waals surface area contributed by atoms with Crippen molar-refractivity contribution in [3.05, 3.63) is 0 Å². The predicted molar refractivity (Wildman–Crippen MR) is 82.7 cm³/mol. The lowest BCUT2D eigenvalue weighted by molar-refractivity contribution is 0.110. The van der Waals surface area contributed by atoms with E-state index in [-0.39, 0.29) is 24.2 Å². The maximum absolute atomic E-state index is 4.88. The molecular formula is C10H16S5. The molecule has 4 saturated carbocycles. The SMILES string of the molecule is SC1C2(S)CC3(S)CC(S)(C2)CC1(S)C3. The number of hydrogen-bond donors (Lipinski definition) is 5. The quantitative estimate of drug-likeness (QED) is 0.417. The zero-order valence-corrected chi connectivity index (χ0v) is 12.8. The van der Waals surface area contributed by atoms with Gasteiger partial charge in [0.25, 0.3) is 0 Å². The van der Waals surface area contributed by atoms with E-state index in [2.05, 4.69) is 0 Å². The lowest BCUT2D eigenvalue weighted by Gasteiger charge is -2.68. The fraction of sp³-hybridized carbons (Fsp3) is 1.00. The van der Waals surface area contributed by atoms with Gasteiger partial charge in [0.15, 0.2) is 0 Å². The van der Waals surface area contributed by atoms with E-state index >= 15 is 0 Å². The van der Waals surface area contributed by atoms with E-state index in [1.807, 2.05) is 0 Å². The summed E-state index contributed by atoms with van der Waals surface area (Å²) in [4.78, 5) is 0. The molecule has 4 aliphatic carbocycles. The Kier molecular flexibility index (Phi) is 2.37. The maximum atomic E-state index is 4.88. The third kappa shape index (κ3) is 1.56. The van der Waals surface area contributed by atoms with Crippen molar-refractivity contribution in [1.29, 1.82) is 0 Å². The molecule has 5 heteroatoms. The molecule has 4 fully saturated rings. The van der Waals surface area contributed by atoms with Gasteiger partial charge in [0.1, 0.15) is 0 Å². The van der Waals surface area contributed by atoms with Crippen molar-refractivity contribution in [3.8, 4) is 0 Å². The molecule has 0 radical (unpaired) electrons. The highest BCUT2D eigenvalue weighted by Crippen LogP contribution is 2.69. The van der Waals surface area contributed by atoms with Crippen LogP contribution in [0.1, 0.15) is 32.1 Å². The van der Waals surface area contributed by atoms with Crippen molar-refractivity contribution in [2.24, 2.45) is 0 Å². The van der Waals surface area contributed by atoms with Crippen molar-refractivity contribution in [3.63, 3.8) is 0 Å². The number of rotatable bonds is 0. The zero-order valence-electron chi connectivity index (χ0n) is 8.35. The van der Waals surface area contributed by atoms with Gasteiger partial charge in [-0.25, -0.2) is 0 Å². The Bertz CT molecular complexity index is 284. The smallest absolute Gasteiger partial charge is 0.0308 e. The molecule has 0 spiro atoms. The Balaban J connectivity index is 2.12. The summed E-state index contributed by atoms with van der Waals surface area (Å²) in [5, 5.41) is 0.262. The fourth-order valence-corrected chi connectivity index (χ4v) is 8.81. The van der Waals surface area contributed by atoms with Crippen molar-refractivity contribution >= 4 is 63.1 Å². The summed E-state index contributed by atoms with van der Waals surface area (Å²) in [5.41, 5.74) is 0. The summed E-state index contributed by atoms with van der Waals surface area (Å²) >= 11 is 24.3. The van der Waals surface area contributed by atoms with Gasteiger partial charge in [-0.1, -0.05) is 0 Å². The largest absolute Gasteiger partial charge is 0.173 e. The first kappa shape index (κ1) is 11.8. The molecule has 0 aromatic heterocycles. The molecule has 0 aromatic rings. The van der Waals surface area contributed by atoms with Crippen LogP contribution in [0.25, 0.3) is 0 Å². The van der Waals surface area contributed by atoms with Crippen LogP contribution in [0.5, 0.6) is 0 Å². The van der Waals surface area contributed by atoms with E-state index in [1.165, 1.54) is 0 Å². The minimum Gasteiger partial charge on any atom is -0.173 e. The highest BCUT2D eigenvalue weighted by atomic mass is 32.1. The van der Waals surface area contributed by atoms with Crippen molar-refractivity contribution in [1.82, 2.24) is 0 Å². The zero-order chi connectivity index (χ0) is 11.1. The normalized spacial score (nSPS) is 67.4. The van der Waals surface area contributed by atoms with Gasteiger partial charge in [0.2, 0.25) is 0 Å². The van der Waals surface area contributed by atoms with Crippen LogP contribution in [0, 0.1) is 0 Å². The molecule has 0 heterocycles. The van der Waals surface area contributed by atoms with Crippen LogP contribution < -0.4 is 0 Å². The van der Waals surface area contributed by atoms with E-state index in [0.29, 0.717) is 0 Å². The molecule has 15 heavy (non-hydrogen) atoms. The predicted octanol–water partition coefficient (Wildman–Crippen LogP) is 2.95. The van der Waals surface area contributed by atoms with Crippen molar-refractivity contribution in [2.45, 2.75) is 56.3 Å². The Morgan fingerprint density at radius 3 is 1.33 bits per heavy atom. The average molecular weight is 297 g/mol. The lowest BCUT2D eigenvalue weighted by Crippen LogP contribution is -2.71. The maximum Gasteiger partial charge on any atom is 0.0308 e. The van der Waals surface area contributed by atoms with E-state index in [9.17, 15) is 0 Å². The Morgan fingerprint density at radius 1 is 0.667 bits per heavy atom. The monoisotopic (exact) mass is 296 g/mol. The molecule has 0 atom stereocenters. The van der Waals surface area contributed by atoms with Crippen LogP contribution in [0.4, 0.5) is 0 Å². The minimum absolute atomic E-state index is 0.0247. The molecule has 0 nitrogen and oxygen atoms in total. The number of thiol groups is 5. The standard InChI is InChI=1S/C10H16S5/c11-6-9(14)2-7(12)1-8(13,4-9)5-10(6,15)3-7/h6,11-15H,1-5H2. The van der Waals surface area contributed by atoms with Gasteiger partial charge in [0, 0.05) is 24.2 Å². The molecule has 4 bridgehead atoms. The second kappa shape index (κ2) is 3.01. The lowest BCUT2D eigenvalue weighted by atomic mass is 9.54. The molecule has 0 aromatic carbocycles. The van der Waals surface area contributed by atoms with E-state index in [0.717, 1.165) is 32.1 Å². The topological polar surface area (TPSA) is 0 Å². The average Bonchev–Trinajstić information content (AvgIpc) is 1.93. The molecular weight excluding hydrogens is 280 g/mol. The van der Waals surface area contributed by atoms with Gasteiger partial charge < -0.3 is 0 Å². The summed E-state index contributed by atoms with van der Waals surface area (Å²) in [5.74, 6) is 0. The van der Waals surface area contributed by atoms with Gasteiger partial charge in [-0.2, -0.15) is 63.1 Å². The van der Waals surface area contributed by atoms with Gasteiger partial charge >= 0.3 is 0 Å². The van der Waals surface area contributed by atoms with Crippen molar-refractivity contribution in [2.75, 3.05) is 0 Å². The third-order valence-corrected chi connectivity index (χ3v) is 7.71. The Morgan fingerprint density at radius 2 is 1.00 bits per heavy atom. The highest BCUT2D eigenvalue weighted by Gasteiger charge is 2.68. The van der Waals surface area contributed by atoms with Crippen molar-refractivity contribution < 1.29 is 0 Å². The highest BCUT2D eigenvalue weighted by molar-refractivity contribution is 7.89. The molecule has 4 aliphatic rings. The molecule has 0 aliphatic heterocycles. The van der Waals surface area contributed by atoms with E-state index in [4.69, 9.17) is 63.1 Å². The molecule has 4 rings (SSSR count). The molecule has 0 unspecified atom stereocenters. The van der Waals surface area contributed by atoms with Crippen LogP contribution in [0.15, 0.2) is 0 Å². The van der Waals surface area contributed by atoms with E-state index in [1.54, 1.807) is 0 Å². The summed E-state index contributed by atoms with van der Waals surface area (Å²) in [6.45, 7) is 0. The van der Waals surface area contributed by atoms with Crippen LogP contribution in [-0.4, -0.2) is 24.2 Å². The molecule has 0 saturated heterocycles. The van der Waals surface area contributed by atoms with Gasteiger partial charge in [-0.05, 0) is 32.1 Å². The van der Waals surface area contributed by atoms with Gasteiger partial charge in [-0.3, -0.25) is 0 Å². The first-order valence-corrected chi connectivity index (χ1v) is 7.57. The molecule has 0 N–H and O–H groups in total. The third-order valence-electron chi connectivity index (χ3n) is 4.22. The molecule has 86 valence electrons. The Labute approximate surface area is 119 Å². The fourth-order valence-electron chi connectivity index (χ4n) is 4.28. The summed E-state index contributed by atoms with van der Waals surface area (Å²) < 4.78 is 0.119. The second-order valence-electron chi connectivity index (χ2n) is 5.94. The minimum atomic E-state index is -0.0247. The first-order chi connectivity index (χ1) is 6.69. The first-order valence-electron chi connectivity index (χ1n) is 5.27. The number of hydrogen-bond acceptors (Lipinski definition) is 5. The Hall–Kier alpha value is 1.75. The summed E-state index contributed by atoms with van der Waals surface area (Å²) in [7, 11) is 0. The summed E-state index contributed by atoms with van der Waals surface area (Å²) in [6.07, 6.45) is 5.28.